The van der Waals surface area contributed by atoms with Crippen LogP contribution >= 0.6 is 0 Å². The van der Waals surface area contributed by atoms with Crippen molar-refractivity contribution in [2.75, 3.05) is 6.61 Å². The van der Waals surface area contributed by atoms with Gasteiger partial charge in [-0.25, -0.2) is 0 Å². The van der Waals surface area contributed by atoms with Gasteiger partial charge in [0.15, 0.2) is 0 Å². The lowest BCUT2D eigenvalue weighted by Gasteiger charge is -2.10. The van der Waals surface area contributed by atoms with E-state index in [1.807, 2.05) is 55.8 Å². The van der Waals surface area contributed by atoms with Crippen LogP contribution in [0, 0.1) is 13.8 Å². The Labute approximate surface area is 195 Å². The summed E-state index contributed by atoms with van der Waals surface area (Å²) in [5, 5.41) is 7.65. The molecule has 6 heteroatoms. The molecule has 0 saturated carbocycles. The number of aryl methyl sites for hydroxylation is 1. The zero-order valence-corrected chi connectivity index (χ0v) is 19.7. The molecule has 1 N–H and O–H groups in total. The van der Waals surface area contributed by atoms with Gasteiger partial charge in [-0.1, -0.05) is 30.3 Å². The van der Waals surface area contributed by atoms with Gasteiger partial charge in [0.2, 0.25) is 5.91 Å². The van der Waals surface area contributed by atoms with Crippen molar-refractivity contribution in [3.05, 3.63) is 82.2 Å². The van der Waals surface area contributed by atoms with E-state index >= 15 is 0 Å². The largest absolute Gasteiger partial charge is 0.493 e. The minimum atomic E-state index is -0.165. The molecular formula is C27H31N3O3. The number of aromatic nitrogens is 2. The van der Waals surface area contributed by atoms with E-state index in [2.05, 4.69) is 29.5 Å². The lowest BCUT2D eigenvalue weighted by Crippen LogP contribution is -2.21. The quantitative estimate of drug-likeness (QED) is 0.515. The highest BCUT2D eigenvalue weighted by molar-refractivity contribution is 5.92. The smallest absolute Gasteiger partial charge is 0.244 e. The molecule has 1 atom stereocenters. The minimum Gasteiger partial charge on any atom is -0.493 e. The first-order chi connectivity index (χ1) is 15.9. The van der Waals surface area contributed by atoms with Crippen molar-refractivity contribution in [2.45, 2.75) is 53.3 Å². The van der Waals surface area contributed by atoms with Crippen LogP contribution in [0.1, 0.15) is 47.5 Å². The fourth-order valence-corrected chi connectivity index (χ4v) is 4.17. The Bertz CT molecular complexity index is 1170. The number of benzene rings is 2. The molecule has 1 unspecified atom stereocenters. The molecule has 172 valence electrons. The Balaban J connectivity index is 1.42. The van der Waals surface area contributed by atoms with Crippen molar-refractivity contribution in [1.82, 2.24) is 15.1 Å². The van der Waals surface area contributed by atoms with Crippen LogP contribution in [0.2, 0.25) is 0 Å². The van der Waals surface area contributed by atoms with Crippen molar-refractivity contribution < 1.29 is 14.3 Å². The average Bonchev–Trinajstić information content (AvgIpc) is 3.28. The topological polar surface area (TPSA) is 65.4 Å². The third kappa shape index (κ3) is 5.28. The van der Waals surface area contributed by atoms with Gasteiger partial charge in [-0.2, -0.15) is 5.10 Å². The second-order valence-electron chi connectivity index (χ2n) is 8.41. The molecule has 0 saturated heterocycles. The van der Waals surface area contributed by atoms with E-state index in [4.69, 9.17) is 9.47 Å². The SMILES string of the molecule is CCOc1cc2c(cc1/C=C/C(=O)NCc1c(C)nn(Cc3ccccc3)c1C)OC(C)C2. The van der Waals surface area contributed by atoms with Crippen LogP contribution in [0.3, 0.4) is 0 Å². The van der Waals surface area contributed by atoms with Gasteiger partial charge >= 0.3 is 0 Å². The summed E-state index contributed by atoms with van der Waals surface area (Å²) in [5.41, 5.74) is 6.20. The molecule has 6 nitrogen and oxygen atoms in total. The fraction of sp³-hybridized carbons (Fsp3) is 0.333. The van der Waals surface area contributed by atoms with Crippen molar-refractivity contribution >= 4 is 12.0 Å². The first-order valence-electron chi connectivity index (χ1n) is 11.4. The highest BCUT2D eigenvalue weighted by Gasteiger charge is 2.21. The Hall–Kier alpha value is -3.54. The first kappa shape index (κ1) is 22.6. The van der Waals surface area contributed by atoms with Crippen LogP contribution in [-0.4, -0.2) is 28.4 Å². The molecule has 0 aliphatic carbocycles. The van der Waals surface area contributed by atoms with Gasteiger partial charge in [-0.3, -0.25) is 9.48 Å². The Morgan fingerprint density at radius 3 is 2.82 bits per heavy atom. The standard InChI is InChI=1S/C27H31N3O3/c1-5-32-25-15-23-13-18(2)33-26(23)14-22(25)11-12-27(31)28-16-24-19(3)29-30(20(24)4)17-21-9-7-6-8-10-21/h6-12,14-15,18H,5,13,16-17H2,1-4H3,(H,28,31)/b12-11+. The summed E-state index contributed by atoms with van der Waals surface area (Å²) in [6.45, 7) is 9.73. The zero-order valence-electron chi connectivity index (χ0n) is 19.7. The highest BCUT2D eigenvalue weighted by Crippen LogP contribution is 2.35. The summed E-state index contributed by atoms with van der Waals surface area (Å²) >= 11 is 0. The summed E-state index contributed by atoms with van der Waals surface area (Å²) in [6.07, 6.45) is 4.36. The molecule has 0 radical (unpaired) electrons. The Morgan fingerprint density at radius 1 is 1.27 bits per heavy atom. The van der Waals surface area contributed by atoms with Gasteiger partial charge in [0, 0.05) is 41.4 Å². The van der Waals surface area contributed by atoms with Crippen LogP contribution in [0.4, 0.5) is 0 Å². The van der Waals surface area contributed by atoms with Crippen molar-refractivity contribution in [2.24, 2.45) is 0 Å². The molecule has 33 heavy (non-hydrogen) atoms. The number of fused-ring (bicyclic) bond motifs is 1. The number of nitrogens with zero attached hydrogens (tertiary/aromatic N) is 2. The molecule has 3 aromatic rings. The number of rotatable bonds is 8. The second kappa shape index (κ2) is 9.94. The molecule has 2 heterocycles. The normalized spacial score (nSPS) is 14.8. The predicted molar refractivity (Wildman–Crippen MR) is 130 cm³/mol. The number of carbonyl (C=O) groups excluding carboxylic acids is 1. The number of hydrogen-bond acceptors (Lipinski definition) is 4. The summed E-state index contributed by atoms with van der Waals surface area (Å²) in [7, 11) is 0. The number of carbonyl (C=O) groups is 1. The van der Waals surface area contributed by atoms with E-state index < -0.39 is 0 Å². The number of nitrogens with one attached hydrogen (secondary N) is 1. The van der Waals surface area contributed by atoms with E-state index in [1.54, 1.807) is 12.2 Å². The highest BCUT2D eigenvalue weighted by atomic mass is 16.5. The maximum Gasteiger partial charge on any atom is 0.244 e. The zero-order chi connectivity index (χ0) is 23.4. The molecule has 0 bridgehead atoms. The minimum absolute atomic E-state index is 0.159. The summed E-state index contributed by atoms with van der Waals surface area (Å²) in [5.74, 6) is 1.47. The molecular weight excluding hydrogens is 414 g/mol. The van der Waals surface area contributed by atoms with Gasteiger partial charge in [-0.05, 0) is 51.5 Å². The Morgan fingerprint density at radius 2 is 2.06 bits per heavy atom. The van der Waals surface area contributed by atoms with E-state index in [0.29, 0.717) is 19.7 Å². The lowest BCUT2D eigenvalue weighted by atomic mass is 10.1. The summed E-state index contributed by atoms with van der Waals surface area (Å²) in [4.78, 5) is 12.6. The van der Waals surface area contributed by atoms with Crippen LogP contribution < -0.4 is 14.8 Å². The third-order valence-electron chi connectivity index (χ3n) is 5.89. The van der Waals surface area contributed by atoms with Crippen molar-refractivity contribution in [3.8, 4) is 11.5 Å². The number of hydrogen-bond donors (Lipinski definition) is 1. The monoisotopic (exact) mass is 445 g/mol. The van der Waals surface area contributed by atoms with Crippen LogP contribution in [0.5, 0.6) is 11.5 Å². The van der Waals surface area contributed by atoms with Crippen molar-refractivity contribution in [1.29, 1.82) is 0 Å². The molecule has 4 rings (SSSR count). The number of amides is 1. The predicted octanol–water partition coefficient (Wildman–Crippen LogP) is 4.60. The van der Waals surface area contributed by atoms with Crippen LogP contribution in [0.15, 0.2) is 48.5 Å². The van der Waals surface area contributed by atoms with E-state index in [1.165, 1.54) is 5.56 Å². The van der Waals surface area contributed by atoms with E-state index in [-0.39, 0.29) is 12.0 Å². The van der Waals surface area contributed by atoms with Gasteiger partial charge in [-0.15, -0.1) is 0 Å². The molecule has 2 aromatic carbocycles. The van der Waals surface area contributed by atoms with Crippen LogP contribution in [0.25, 0.3) is 6.08 Å². The maximum atomic E-state index is 12.6. The van der Waals surface area contributed by atoms with Gasteiger partial charge in [0.1, 0.15) is 17.6 Å². The molecule has 1 aliphatic heterocycles. The molecule has 0 fully saturated rings. The van der Waals surface area contributed by atoms with Gasteiger partial charge in [0.05, 0.1) is 18.8 Å². The molecule has 1 amide bonds. The van der Waals surface area contributed by atoms with Crippen molar-refractivity contribution in [3.63, 3.8) is 0 Å². The van der Waals surface area contributed by atoms with E-state index in [0.717, 1.165) is 46.0 Å². The molecule has 1 aliphatic rings. The maximum absolute atomic E-state index is 12.6. The Kier molecular flexibility index (Phi) is 6.82. The number of ether oxygens (including phenoxy) is 2. The van der Waals surface area contributed by atoms with Gasteiger partial charge < -0.3 is 14.8 Å². The second-order valence-corrected chi connectivity index (χ2v) is 8.41. The first-order valence-corrected chi connectivity index (χ1v) is 11.4. The fourth-order valence-electron chi connectivity index (χ4n) is 4.17. The van der Waals surface area contributed by atoms with Crippen LogP contribution in [-0.2, 0) is 24.3 Å². The molecule has 0 spiro atoms. The summed E-state index contributed by atoms with van der Waals surface area (Å²) < 4.78 is 13.6. The lowest BCUT2D eigenvalue weighted by molar-refractivity contribution is -0.116. The van der Waals surface area contributed by atoms with Gasteiger partial charge in [0.25, 0.3) is 0 Å². The van der Waals surface area contributed by atoms with E-state index in [9.17, 15) is 4.79 Å². The third-order valence-corrected chi connectivity index (χ3v) is 5.89. The molecule has 1 aromatic heterocycles. The summed E-state index contributed by atoms with van der Waals surface area (Å²) in [6, 6.07) is 14.2. The average molecular weight is 446 g/mol.